The number of aromatic nitrogens is 2. The summed E-state index contributed by atoms with van der Waals surface area (Å²) in [4.78, 5) is 8.91. The van der Waals surface area contributed by atoms with Crippen molar-refractivity contribution in [3.8, 4) is 0 Å². The molecule has 18 heavy (non-hydrogen) atoms. The first kappa shape index (κ1) is 13.3. The summed E-state index contributed by atoms with van der Waals surface area (Å²) in [6.07, 6.45) is 4.03. The smallest absolute Gasteiger partial charge is 0.133 e. The normalized spacial score (nSPS) is 18.3. The first-order valence-electron chi connectivity index (χ1n) is 6.80. The Morgan fingerprint density at radius 3 is 2.61 bits per heavy atom. The summed E-state index contributed by atoms with van der Waals surface area (Å²) >= 11 is 0. The van der Waals surface area contributed by atoms with Gasteiger partial charge < -0.3 is 10.4 Å². The minimum atomic E-state index is -0.545. The van der Waals surface area contributed by atoms with Crippen molar-refractivity contribution in [2.24, 2.45) is 0 Å². The minimum Gasteiger partial charge on any atom is -0.388 e. The fourth-order valence-corrected chi connectivity index (χ4v) is 2.41. The van der Waals surface area contributed by atoms with E-state index in [2.05, 4.69) is 29.1 Å². The molecule has 1 aromatic heterocycles. The summed E-state index contributed by atoms with van der Waals surface area (Å²) in [7, 11) is 0. The van der Waals surface area contributed by atoms with Crippen LogP contribution in [0.3, 0.4) is 0 Å². The van der Waals surface area contributed by atoms with Gasteiger partial charge in [-0.15, -0.1) is 0 Å². The highest BCUT2D eigenvalue weighted by molar-refractivity contribution is 5.36. The van der Waals surface area contributed by atoms with Gasteiger partial charge in [0.1, 0.15) is 11.6 Å². The maximum atomic E-state index is 10.3. The molecule has 1 aliphatic rings. The van der Waals surface area contributed by atoms with E-state index in [0.29, 0.717) is 12.5 Å². The van der Waals surface area contributed by atoms with E-state index in [1.807, 2.05) is 13.0 Å². The number of nitrogens with zero attached hydrogens (tertiary/aromatic N) is 2. The molecule has 0 bridgehead atoms. The first-order valence-corrected chi connectivity index (χ1v) is 6.80. The van der Waals surface area contributed by atoms with Crippen LogP contribution in [-0.2, 0) is 0 Å². The molecule has 2 N–H and O–H groups in total. The van der Waals surface area contributed by atoms with Crippen LogP contribution in [0.1, 0.15) is 57.0 Å². The molecule has 4 nitrogen and oxygen atoms in total. The van der Waals surface area contributed by atoms with E-state index < -0.39 is 5.60 Å². The monoisotopic (exact) mass is 249 g/mol. The predicted octanol–water partition coefficient (Wildman–Crippen LogP) is 2.63. The highest BCUT2D eigenvalue weighted by Gasteiger charge is 2.30. The number of hydrogen-bond acceptors (Lipinski definition) is 4. The van der Waals surface area contributed by atoms with Crippen molar-refractivity contribution >= 4 is 5.82 Å². The van der Waals surface area contributed by atoms with Gasteiger partial charge in [0.25, 0.3) is 0 Å². The van der Waals surface area contributed by atoms with Crippen LogP contribution in [0.15, 0.2) is 6.07 Å². The number of aryl methyl sites for hydroxylation is 1. The van der Waals surface area contributed by atoms with Crippen LogP contribution in [0.2, 0.25) is 0 Å². The molecule has 1 saturated carbocycles. The van der Waals surface area contributed by atoms with Crippen molar-refractivity contribution in [2.75, 3.05) is 11.9 Å². The lowest BCUT2D eigenvalue weighted by Crippen LogP contribution is -2.33. The molecule has 0 aliphatic heterocycles. The molecule has 1 aromatic rings. The molecule has 0 radical (unpaired) electrons. The van der Waals surface area contributed by atoms with Gasteiger partial charge in [0.2, 0.25) is 0 Å². The Morgan fingerprint density at radius 2 is 2.00 bits per heavy atom. The Bertz CT molecular complexity index is 412. The summed E-state index contributed by atoms with van der Waals surface area (Å²) in [6, 6.07) is 1.93. The molecule has 0 atom stereocenters. The second kappa shape index (κ2) is 5.22. The Hall–Kier alpha value is -1.16. The van der Waals surface area contributed by atoms with E-state index in [0.717, 1.165) is 43.0 Å². The summed E-state index contributed by atoms with van der Waals surface area (Å²) in [5.74, 6) is 2.00. The Labute approximate surface area is 109 Å². The number of hydrogen-bond donors (Lipinski definition) is 2. The van der Waals surface area contributed by atoms with E-state index in [1.165, 1.54) is 0 Å². The quantitative estimate of drug-likeness (QED) is 0.861. The SMILES string of the molecule is Cc1cc(NCC2(O)CCCC2)nc(C(C)C)n1. The molecule has 1 fully saturated rings. The topological polar surface area (TPSA) is 58.0 Å². The average Bonchev–Trinajstić information content (AvgIpc) is 2.73. The van der Waals surface area contributed by atoms with Crippen LogP contribution in [0.25, 0.3) is 0 Å². The van der Waals surface area contributed by atoms with Gasteiger partial charge in [0, 0.05) is 24.2 Å². The van der Waals surface area contributed by atoms with E-state index >= 15 is 0 Å². The number of anilines is 1. The molecule has 0 spiro atoms. The van der Waals surface area contributed by atoms with Crippen molar-refractivity contribution in [3.63, 3.8) is 0 Å². The van der Waals surface area contributed by atoms with Gasteiger partial charge in [0.15, 0.2) is 0 Å². The maximum Gasteiger partial charge on any atom is 0.133 e. The van der Waals surface area contributed by atoms with Crippen LogP contribution in [-0.4, -0.2) is 27.2 Å². The third-order valence-corrected chi connectivity index (χ3v) is 3.52. The van der Waals surface area contributed by atoms with Crippen molar-refractivity contribution in [2.45, 2.75) is 58.0 Å². The molecule has 2 rings (SSSR count). The molecule has 1 heterocycles. The molecule has 1 aliphatic carbocycles. The van der Waals surface area contributed by atoms with Gasteiger partial charge in [-0.3, -0.25) is 0 Å². The van der Waals surface area contributed by atoms with E-state index in [-0.39, 0.29) is 0 Å². The molecule has 0 saturated heterocycles. The second-order valence-corrected chi connectivity index (χ2v) is 5.69. The standard InChI is InChI=1S/C14H23N3O/c1-10(2)13-16-11(3)8-12(17-13)15-9-14(18)6-4-5-7-14/h8,10,18H,4-7,9H2,1-3H3,(H,15,16,17). The van der Waals surface area contributed by atoms with Gasteiger partial charge in [-0.2, -0.15) is 0 Å². The van der Waals surface area contributed by atoms with Gasteiger partial charge in [0.05, 0.1) is 5.60 Å². The van der Waals surface area contributed by atoms with Crippen molar-refractivity contribution in [1.29, 1.82) is 0 Å². The highest BCUT2D eigenvalue weighted by Crippen LogP contribution is 2.29. The summed E-state index contributed by atoms with van der Waals surface area (Å²) < 4.78 is 0. The van der Waals surface area contributed by atoms with E-state index in [4.69, 9.17) is 0 Å². The zero-order chi connectivity index (χ0) is 13.2. The van der Waals surface area contributed by atoms with E-state index in [9.17, 15) is 5.11 Å². The average molecular weight is 249 g/mol. The zero-order valence-electron chi connectivity index (χ0n) is 11.5. The Balaban J connectivity index is 2.04. The third-order valence-electron chi connectivity index (χ3n) is 3.52. The molecular weight excluding hydrogens is 226 g/mol. The molecule has 100 valence electrons. The third kappa shape index (κ3) is 3.19. The predicted molar refractivity (Wildman–Crippen MR) is 72.8 cm³/mol. The zero-order valence-corrected chi connectivity index (χ0v) is 11.5. The van der Waals surface area contributed by atoms with Crippen molar-refractivity contribution in [1.82, 2.24) is 9.97 Å². The van der Waals surface area contributed by atoms with Crippen molar-refractivity contribution < 1.29 is 5.11 Å². The lowest BCUT2D eigenvalue weighted by atomic mass is 10.0. The van der Waals surface area contributed by atoms with Gasteiger partial charge in [-0.25, -0.2) is 9.97 Å². The molecule has 0 aromatic carbocycles. The summed E-state index contributed by atoms with van der Waals surface area (Å²) in [5, 5.41) is 13.6. The van der Waals surface area contributed by atoms with Crippen molar-refractivity contribution in [3.05, 3.63) is 17.6 Å². The van der Waals surface area contributed by atoms with Crippen LogP contribution in [0.4, 0.5) is 5.82 Å². The van der Waals surface area contributed by atoms with Gasteiger partial charge >= 0.3 is 0 Å². The van der Waals surface area contributed by atoms with Crippen LogP contribution < -0.4 is 5.32 Å². The number of rotatable bonds is 4. The lowest BCUT2D eigenvalue weighted by molar-refractivity contribution is 0.0614. The second-order valence-electron chi connectivity index (χ2n) is 5.69. The Morgan fingerprint density at radius 1 is 1.33 bits per heavy atom. The first-order chi connectivity index (χ1) is 8.48. The molecule has 0 amide bonds. The van der Waals surface area contributed by atoms with Gasteiger partial charge in [-0.05, 0) is 19.8 Å². The fourth-order valence-electron chi connectivity index (χ4n) is 2.41. The minimum absolute atomic E-state index is 0.319. The molecule has 0 unspecified atom stereocenters. The number of nitrogens with one attached hydrogen (secondary N) is 1. The summed E-state index contributed by atoms with van der Waals surface area (Å²) in [6.45, 7) is 6.73. The largest absolute Gasteiger partial charge is 0.388 e. The highest BCUT2D eigenvalue weighted by atomic mass is 16.3. The molecule has 4 heteroatoms. The van der Waals surface area contributed by atoms with Crippen LogP contribution in [0.5, 0.6) is 0 Å². The van der Waals surface area contributed by atoms with Crippen LogP contribution in [0, 0.1) is 6.92 Å². The van der Waals surface area contributed by atoms with Gasteiger partial charge in [-0.1, -0.05) is 26.7 Å². The number of aliphatic hydroxyl groups is 1. The lowest BCUT2D eigenvalue weighted by Gasteiger charge is -2.23. The maximum absolute atomic E-state index is 10.3. The fraction of sp³-hybridized carbons (Fsp3) is 0.714. The van der Waals surface area contributed by atoms with E-state index in [1.54, 1.807) is 0 Å². The Kier molecular flexibility index (Phi) is 3.85. The van der Waals surface area contributed by atoms with Crippen LogP contribution >= 0.6 is 0 Å². The summed E-state index contributed by atoms with van der Waals surface area (Å²) in [5.41, 5.74) is 0.422. The molecular formula is C14H23N3O.